The summed E-state index contributed by atoms with van der Waals surface area (Å²) in [6.45, 7) is 0. The van der Waals surface area contributed by atoms with Crippen LogP contribution in [-0.4, -0.2) is 36.0 Å². The topological polar surface area (TPSA) is 57.6 Å². The molecule has 17 heavy (non-hydrogen) atoms. The lowest BCUT2D eigenvalue weighted by atomic mass is 10.1. The summed E-state index contributed by atoms with van der Waals surface area (Å²) in [7, 11) is 3.29. The van der Waals surface area contributed by atoms with Crippen molar-refractivity contribution in [2.24, 2.45) is 0 Å². The first-order valence-corrected chi connectivity index (χ1v) is 5.22. The van der Waals surface area contributed by atoms with Crippen molar-refractivity contribution in [3.8, 4) is 0 Å². The number of halogens is 1. The van der Waals surface area contributed by atoms with Gasteiger partial charge in [0.05, 0.1) is 0 Å². The van der Waals surface area contributed by atoms with Gasteiger partial charge in [0.25, 0.3) is 5.91 Å². The van der Waals surface area contributed by atoms with Gasteiger partial charge in [-0.15, -0.1) is 0 Å². The fourth-order valence-corrected chi connectivity index (χ4v) is 1.46. The molecule has 0 radical (unpaired) electrons. The number of carbonyl (C=O) groups is 2. The summed E-state index contributed by atoms with van der Waals surface area (Å²) >= 11 is 5.95. The van der Waals surface area contributed by atoms with Crippen LogP contribution in [0.4, 0.5) is 0 Å². The first-order valence-electron chi connectivity index (χ1n) is 4.84. The summed E-state index contributed by atoms with van der Waals surface area (Å²) in [6, 6.07) is 4.74. The maximum Gasteiger partial charge on any atom is 0.328 e. The number of nitrogens with zero attached hydrogens (tertiary/aromatic N) is 1. The summed E-state index contributed by atoms with van der Waals surface area (Å²) in [6.07, 6.45) is 2.38. The quantitative estimate of drug-likeness (QED) is 0.840. The third kappa shape index (κ3) is 3.60. The average Bonchev–Trinajstić information content (AvgIpc) is 2.26. The Morgan fingerprint density at radius 1 is 1.35 bits per heavy atom. The predicted molar refractivity (Wildman–Crippen MR) is 66.1 cm³/mol. The van der Waals surface area contributed by atoms with Crippen molar-refractivity contribution < 1.29 is 14.7 Å². The number of rotatable bonds is 3. The van der Waals surface area contributed by atoms with E-state index in [4.69, 9.17) is 16.7 Å². The molecule has 4 nitrogen and oxygen atoms in total. The number of aliphatic carboxylic acids is 1. The summed E-state index contributed by atoms with van der Waals surface area (Å²) in [4.78, 5) is 23.4. The highest BCUT2D eigenvalue weighted by atomic mass is 35.5. The second-order valence-corrected chi connectivity index (χ2v) is 4.01. The largest absolute Gasteiger partial charge is 0.478 e. The van der Waals surface area contributed by atoms with E-state index in [1.165, 1.54) is 17.0 Å². The highest BCUT2D eigenvalue weighted by Gasteiger charge is 2.09. The lowest BCUT2D eigenvalue weighted by Crippen LogP contribution is -2.21. The number of carboxylic acids is 1. The Kier molecular flexibility index (Phi) is 4.29. The van der Waals surface area contributed by atoms with Crippen molar-refractivity contribution >= 4 is 29.6 Å². The van der Waals surface area contributed by atoms with Crippen molar-refractivity contribution in [1.82, 2.24) is 4.90 Å². The maximum atomic E-state index is 11.6. The summed E-state index contributed by atoms with van der Waals surface area (Å²) < 4.78 is 0. The van der Waals surface area contributed by atoms with Gasteiger partial charge in [-0.25, -0.2) is 4.79 Å². The highest BCUT2D eigenvalue weighted by molar-refractivity contribution is 6.32. The molecule has 0 unspecified atom stereocenters. The van der Waals surface area contributed by atoms with Crippen LogP contribution in [0.5, 0.6) is 0 Å². The van der Waals surface area contributed by atoms with Crippen LogP contribution in [0.3, 0.4) is 0 Å². The normalized spacial score (nSPS) is 10.5. The molecule has 1 aromatic carbocycles. The number of hydrogen-bond donors (Lipinski definition) is 1. The van der Waals surface area contributed by atoms with Crippen LogP contribution in [0.1, 0.15) is 15.9 Å². The molecular formula is C12H12ClNO3. The molecule has 90 valence electrons. The minimum atomic E-state index is -1.05. The van der Waals surface area contributed by atoms with Crippen molar-refractivity contribution in [3.63, 3.8) is 0 Å². The minimum absolute atomic E-state index is 0.152. The van der Waals surface area contributed by atoms with Crippen LogP contribution in [0.2, 0.25) is 5.02 Å². The van der Waals surface area contributed by atoms with E-state index in [0.29, 0.717) is 16.1 Å². The molecule has 0 heterocycles. The van der Waals surface area contributed by atoms with E-state index in [9.17, 15) is 9.59 Å². The standard InChI is InChI=1S/C12H12ClNO3/c1-14(2)12(17)9-4-3-8(10(13)7-9)5-6-11(15)16/h3-7H,1-2H3,(H,15,16)/b6-5+. The van der Waals surface area contributed by atoms with Crippen LogP contribution < -0.4 is 0 Å². The molecular weight excluding hydrogens is 242 g/mol. The number of hydrogen-bond acceptors (Lipinski definition) is 2. The van der Waals surface area contributed by atoms with E-state index < -0.39 is 5.97 Å². The van der Waals surface area contributed by atoms with Gasteiger partial charge in [0.2, 0.25) is 0 Å². The van der Waals surface area contributed by atoms with E-state index in [0.717, 1.165) is 6.08 Å². The number of benzene rings is 1. The molecule has 0 aliphatic rings. The van der Waals surface area contributed by atoms with Crippen molar-refractivity contribution in [2.45, 2.75) is 0 Å². The summed E-state index contributed by atoms with van der Waals surface area (Å²) in [5, 5.41) is 8.83. The Morgan fingerprint density at radius 2 is 2.00 bits per heavy atom. The Labute approximate surface area is 104 Å². The lowest BCUT2D eigenvalue weighted by molar-refractivity contribution is -0.131. The molecule has 0 aromatic heterocycles. The average molecular weight is 254 g/mol. The zero-order chi connectivity index (χ0) is 13.0. The van der Waals surface area contributed by atoms with Gasteiger partial charge in [0.1, 0.15) is 0 Å². The Morgan fingerprint density at radius 3 is 2.47 bits per heavy atom. The van der Waals surface area contributed by atoms with Crippen LogP contribution in [0, 0.1) is 0 Å². The van der Waals surface area contributed by atoms with Crippen LogP contribution in [0.25, 0.3) is 6.08 Å². The Bertz CT molecular complexity index is 481. The number of carbonyl (C=O) groups excluding carboxylic acids is 1. The fraction of sp³-hybridized carbons (Fsp3) is 0.167. The van der Waals surface area contributed by atoms with Crippen LogP contribution in [0.15, 0.2) is 24.3 Å². The van der Waals surface area contributed by atoms with Crippen molar-refractivity contribution in [2.75, 3.05) is 14.1 Å². The lowest BCUT2D eigenvalue weighted by Gasteiger charge is -2.10. The highest BCUT2D eigenvalue weighted by Crippen LogP contribution is 2.20. The molecule has 1 N–H and O–H groups in total. The fourth-order valence-electron chi connectivity index (χ4n) is 1.21. The van der Waals surface area contributed by atoms with Gasteiger partial charge in [0.15, 0.2) is 0 Å². The molecule has 0 fully saturated rings. The molecule has 0 aliphatic heterocycles. The molecule has 0 spiro atoms. The second-order valence-electron chi connectivity index (χ2n) is 3.61. The Hall–Kier alpha value is -1.81. The van der Waals surface area contributed by atoms with Crippen molar-refractivity contribution in [1.29, 1.82) is 0 Å². The predicted octanol–water partition coefficient (Wildman–Crippen LogP) is 2.14. The molecule has 1 rings (SSSR count). The molecule has 1 aromatic rings. The molecule has 1 amide bonds. The summed E-state index contributed by atoms with van der Waals surface area (Å²) in [5.74, 6) is -1.20. The van der Waals surface area contributed by atoms with Gasteiger partial charge in [-0.3, -0.25) is 4.79 Å². The van der Waals surface area contributed by atoms with Crippen LogP contribution >= 0.6 is 11.6 Å². The van der Waals surface area contributed by atoms with Gasteiger partial charge in [0, 0.05) is 30.8 Å². The van der Waals surface area contributed by atoms with Gasteiger partial charge < -0.3 is 10.0 Å². The van der Waals surface area contributed by atoms with E-state index in [-0.39, 0.29) is 5.91 Å². The minimum Gasteiger partial charge on any atom is -0.478 e. The van der Waals surface area contributed by atoms with Gasteiger partial charge in [-0.2, -0.15) is 0 Å². The third-order valence-electron chi connectivity index (χ3n) is 2.06. The second kappa shape index (κ2) is 5.50. The third-order valence-corrected chi connectivity index (χ3v) is 2.39. The summed E-state index contributed by atoms with van der Waals surface area (Å²) in [5.41, 5.74) is 1.02. The molecule has 0 atom stereocenters. The van der Waals surface area contributed by atoms with Crippen molar-refractivity contribution in [3.05, 3.63) is 40.4 Å². The number of carboxylic acid groups (broad SMARTS) is 1. The van der Waals surface area contributed by atoms with Gasteiger partial charge in [-0.05, 0) is 23.8 Å². The zero-order valence-electron chi connectivity index (χ0n) is 9.48. The van der Waals surface area contributed by atoms with E-state index in [1.54, 1.807) is 26.2 Å². The first-order chi connectivity index (χ1) is 7.91. The Balaban J connectivity index is 3.02. The van der Waals surface area contributed by atoms with E-state index >= 15 is 0 Å². The number of amides is 1. The molecule has 0 saturated carbocycles. The smallest absolute Gasteiger partial charge is 0.328 e. The van der Waals surface area contributed by atoms with Gasteiger partial charge >= 0.3 is 5.97 Å². The zero-order valence-corrected chi connectivity index (χ0v) is 10.2. The molecule has 0 saturated heterocycles. The maximum absolute atomic E-state index is 11.6. The molecule has 5 heteroatoms. The van der Waals surface area contributed by atoms with E-state index in [1.807, 2.05) is 0 Å². The monoisotopic (exact) mass is 253 g/mol. The molecule has 0 aliphatic carbocycles. The SMILES string of the molecule is CN(C)C(=O)c1ccc(/C=C/C(=O)O)c(Cl)c1. The first kappa shape index (κ1) is 13.3. The van der Waals surface area contributed by atoms with Gasteiger partial charge in [-0.1, -0.05) is 17.7 Å². The van der Waals surface area contributed by atoms with E-state index in [2.05, 4.69) is 0 Å². The van der Waals surface area contributed by atoms with Crippen LogP contribution in [-0.2, 0) is 4.79 Å². The molecule has 0 bridgehead atoms.